The number of hydrogen-bond donors (Lipinski definition) is 0. The van der Waals surface area contributed by atoms with E-state index in [1.165, 1.54) is 5.69 Å². The van der Waals surface area contributed by atoms with E-state index in [1.54, 1.807) is 0 Å². The zero-order valence-electron chi connectivity index (χ0n) is 11.1. The fourth-order valence-corrected chi connectivity index (χ4v) is 1.35. The lowest BCUT2D eigenvalue weighted by atomic mass is 9.88. The molecule has 0 fully saturated rings. The summed E-state index contributed by atoms with van der Waals surface area (Å²) in [5.41, 5.74) is 1.56. The van der Waals surface area contributed by atoms with Crippen LogP contribution in [0.4, 0.5) is 0 Å². The molecule has 15 heavy (non-hydrogen) atoms. The highest BCUT2D eigenvalue weighted by molar-refractivity contribution is 5.10. The second kappa shape index (κ2) is 3.66. The molecule has 0 amide bonds. The number of rotatable bonds is 1. The van der Waals surface area contributed by atoms with Gasteiger partial charge in [-0.1, -0.05) is 41.5 Å². The third kappa shape index (κ3) is 2.83. The number of hydrogen-bond acceptors (Lipinski definition) is 1. The summed E-state index contributed by atoms with van der Waals surface area (Å²) in [7, 11) is 0. The molecule has 2 nitrogen and oxygen atoms in total. The van der Waals surface area contributed by atoms with Crippen molar-refractivity contribution in [2.45, 2.75) is 59.9 Å². The van der Waals surface area contributed by atoms with Crippen molar-refractivity contribution in [2.24, 2.45) is 5.41 Å². The Bertz CT molecular complexity index is 323. The van der Waals surface area contributed by atoms with E-state index in [0.29, 0.717) is 6.04 Å². The van der Waals surface area contributed by atoms with E-state index < -0.39 is 0 Å². The van der Waals surface area contributed by atoms with Crippen LogP contribution in [-0.2, 0) is 5.41 Å². The molecule has 1 atom stereocenters. The standard InChI is InChI=1S/C13H24N2/c1-10(12(2,3)4)15-9-8-11(14-15)13(5,6)7/h8-10H,1-7H3. The monoisotopic (exact) mass is 208 g/mol. The van der Waals surface area contributed by atoms with Gasteiger partial charge in [0.15, 0.2) is 0 Å². The van der Waals surface area contributed by atoms with Crippen LogP contribution in [0.25, 0.3) is 0 Å². The largest absolute Gasteiger partial charge is 0.269 e. The van der Waals surface area contributed by atoms with Gasteiger partial charge >= 0.3 is 0 Å². The Kier molecular flexibility index (Phi) is 2.99. The maximum atomic E-state index is 4.66. The molecule has 86 valence electrons. The Hall–Kier alpha value is -0.790. The first kappa shape index (κ1) is 12.3. The topological polar surface area (TPSA) is 17.8 Å². The summed E-state index contributed by atoms with van der Waals surface area (Å²) < 4.78 is 2.08. The highest BCUT2D eigenvalue weighted by Gasteiger charge is 2.24. The molecule has 0 saturated carbocycles. The second-order valence-corrected chi connectivity index (χ2v) is 6.47. The minimum atomic E-state index is 0.142. The van der Waals surface area contributed by atoms with Crippen LogP contribution in [-0.4, -0.2) is 9.78 Å². The first-order valence-corrected chi connectivity index (χ1v) is 5.68. The Labute approximate surface area is 93.7 Å². The predicted molar refractivity (Wildman–Crippen MR) is 65.1 cm³/mol. The quantitative estimate of drug-likeness (QED) is 0.686. The van der Waals surface area contributed by atoms with E-state index in [0.717, 1.165) is 0 Å². The van der Waals surface area contributed by atoms with Gasteiger partial charge in [0.1, 0.15) is 0 Å². The molecule has 0 bridgehead atoms. The lowest BCUT2D eigenvalue weighted by molar-refractivity contribution is 0.242. The van der Waals surface area contributed by atoms with Crippen molar-refractivity contribution in [3.05, 3.63) is 18.0 Å². The van der Waals surface area contributed by atoms with Gasteiger partial charge in [0, 0.05) is 11.6 Å². The maximum absolute atomic E-state index is 4.66. The zero-order chi connectivity index (χ0) is 11.9. The van der Waals surface area contributed by atoms with Crippen LogP contribution in [0.2, 0.25) is 0 Å². The third-order valence-electron chi connectivity index (χ3n) is 3.03. The normalized spacial score (nSPS) is 15.4. The molecule has 0 saturated heterocycles. The van der Waals surface area contributed by atoms with Crippen molar-refractivity contribution in [1.82, 2.24) is 9.78 Å². The molecule has 1 aromatic heterocycles. The first-order valence-electron chi connectivity index (χ1n) is 5.68. The van der Waals surface area contributed by atoms with Gasteiger partial charge in [-0.2, -0.15) is 5.10 Å². The average molecular weight is 208 g/mol. The van der Waals surface area contributed by atoms with Crippen LogP contribution in [0, 0.1) is 5.41 Å². The molecule has 0 aliphatic heterocycles. The van der Waals surface area contributed by atoms with E-state index in [9.17, 15) is 0 Å². The van der Waals surface area contributed by atoms with Crippen molar-refractivity contribution < 1.29 is 0 Å². The summed E-state index contributed by atoms with van der Waals surface area (Å²) in [6.07, 6.45) is 2.09. The zero-order valence-corrected chi connectivity index (χ0v) is 11.1. The molecule has 0 aliphatic rings. The molecule has 1 aromatic rings. The van der Waals surface area contributed by atoms with Gasteiger partial charge in [0.05, 0.1) is 11.7 Å². The lowest BCUT2D eigenvalue weighted by Crippen LogP contribution is -2.23. The molecule has 0 radical (unpaired) electrons. The number of nitrogens with zero attached hydrogens (tertiary/aromatic N) is 2. The molecule has 1 heterocycles. The van der Waals surface area contributed by atoms with Crippen LogP contribution in [0.3, 0.4) is 0 Å². The van der Waals surface area contributed by atoms with Gasteiger partial charge in [0.25, 0.3) is 0 Å². The van der Waals surface area contributed by atoms with E-state index in [1.807, 2.05) is 0 Å². The van der Waals surface area contributed by atoms with E-state index in [2.05, 4.69) is 70.5 Å². The third-order valence-corrected chi connectivity index (χ3v) is 3.03. The first-order chi connectivity index (χ1) is 6.62. The fraction of sp³-hybridized carbons (Fsp3) is 0.769. The summed E-state index contributed by atoms with van der Waals surface area (Å²) in [4.78, 5) is 0. The lowest BCUT2D eigenvalue weighted by Gasteiger charge is -2.27. The van der Waals surface area contributed by atoms with Crippen molar-refractivity contribution in [3.63, 3.8) is 0 Å². The van der Waals surface area contributed by atoms with Crippen molar-refractivity contribution in [1.29, 1.82) is 0 Å². The van der Waals surface area contributed by atoms with Crippen LogP contribution in [0.5, 0.6) is 0 Å². The van der Waals surface area contributed by atoms with Gasteiger partial charge in [-0.05, 0) is 18.4 Å². The van der Waals surface area contributed by atoms with Crippen molar-refractivity contribution >= 4 is 0 Å². The van der Waals surface area contributed by atoms with E-state index >= 15 is 0 Å². The SMILES string of the molecule is CC(n1ccc(C(C)(C)C)n1)C(C)(C)C. The molecule has 0 aromatic carbocycles. The molecular weight excluding hydrogens is 184 g/mol. The molecule has 0 aliphatic carbocycles. The molecule has 1 unspecified atom stereocenters. The number of aromatic nitrogens is 2. The summed E-state index contributed by atoms with van der Waals surface area (Å²) in [6.45, 7) is 15.5. The average Bonchev–Trinajstić information content (AvgIpc) is 2.47. The summed E-state index contributed by atoms with van der Waals surface area (Å²) >= 11 is 0. The minimum absolute atomic E-state index is 0.142. The Morgan fingerprint density at radius 1 is 1.13 bits per heavy atom. The van der Waals surface area contributed by atoms with Crippen molar-refractivity contribution in [2.75, 3.05) is 0 Å². The van der Waals surface area contributed by atoms with Gasteiger partial charge < -0.3 is 0 Å². The smallest absolute Gasteiger partial charge is 0.0678 e. The molecule has 1 rings (SSSR count). The van der Waals surface area contributed by atoms with Gasteiger partial charge in [0.2, 0.25) is 0 Å². The summed E-state index contributed by atoms with van der Waals surface area (Å²) in [5.74, 6) is 0. The predicted octanol–water partition coefficient (Wildman–Crippen LogP) is 3.79. The van der Waals surface area contributed by atoms with Gasteiger partial charge in [-0.15, -0.1) is 0 Å². The molecular formula is C13H24N2. The molecule has 2 heteroatoms. The van der Waals surface area contributed by atoms with E-state index in [-0.39, 0.29) is 10.8 Å². The Balaban J connectivity index is 2.95. The summed E-state index contributed by atoms with van der Waals surface area (Å²) in [6, 6.07) is 2.55. The van der Waals surface area contributed by atoms with Crippen LogP contribution >= 0.6 is 0 Å². The van der Waals surface area contributed by atoms with Gasteiger partial charge in [-0.3, -0.25) is 4.68 Å². The van der Waals surface area contributed by atoms with Crippen LogP contribution in [0.1, 0.15) is 60.2 Å². The minimum Gasteiger partial charge on any atom is -0.269 e. The van der Waals surface area contributed by atoms with Crippen LogP contribution < -0.4 is 0 Å². The highest BCUT2D eigenvalue weighted by Crippen LogP contribution is 2.30. The molecule has 0 N–H and O–H groups in total. The Morgan fingerprint density at radius 3 is 2.00 bits per heavy atom. The van der Waals surface area contributed by atoms with Gasteiger partial charge in [-0.25, -0.2) is 0 Å². The van der Waals surface area contributed by atoms with Crippen molar-refractivity contribution in [3.8, 4) is 0 Å². The second-order valence-electron chi connectivity index (χ2n) is 6.47. The van der Waals surface area contributed by atoms with Crippen LogP contribution in [0.15, 0.2) is 12.3 Å². The maximum Gasteiger partial charge on any atom is 0.0678 e. The molecule has 0 spiro atoms. The fourth-order valence-electron chi connectivity index (χ4n) is 1.35. The highest BCUT2D eigenvalue weighted by atomic mass is 15.3. The summed E-state index contributed by atoms with van der Waals surface area (Å²) in [5, 5.41) is 4.66. The van der Waals surface area contributed by atoms with E-state index in [4.69, 9.17) is 0 Å². The Morgan fingerprint density at radius 2 is 1.67 bits per heavy atom.